The van der Waals surface area contributed by atoms with E-state index in [0.29, 0.717) is 11.5 Å². The number of carbonyl (C=O) groups is 1. The molecule has 130 valence electrons. The van der Waals surface area contributed by atoms with Crippen LogP contribution in [0.2, 0.25) is 0 Å². The first-order chi connectivity index (χ1) is 12.0. The monoisotopic (exact) mass is 340 g/mol. The molecule has 1 aliphatic rings. The highest BCUT2D eigenvalue weighted by Crippen LogP contribution is 2.47. The summed E-state index contributed by atoms with van der Waals surface area (Å²) in [6.45, 7) is 3.66. The minimum Gasteiger partial charge on any atom is -0.387 e. The lowest BCUT2D eigenvalue weighted by atomic mass is 10.1. The molecule has 1 fully saturated rings. The predicted molar refractivity (Wildman–Crippen MR) is 91.8 cm³/mol. The van der Waals surface area contributed by atoms with Gasteiger partial charge in [-0.1, -0.05) is 6.08 Å². The predicted octanol–water partition coefficient (Wildman–Crippen LogP) is 0.987. The number of anilines is 1. The average molecular weight is 340 g/mol. The van der Waals surface area contributed by atoms with Crippen LogP contribution in [0.25, 0.3) is 0 Å². The van der Waals surface area contributed by atoms with E-state index in [9.17, 15) is 9.90 Å². The van der Waals surface area contributed by atoms with Crippen molar-refractivity contribution < 1.29 is 9.90 Å². The summed E-state index contributed by atoms with van der Waals surface area (Å²) in [7, 11) is 1.61. The fraction of sp³-hybridized carbons (Fsp3) is 0.353. The molecule has 1 aliphatic carbocycles. The summed E-state index contributed by atoms with van der Waals surface area (Å²) in [5, 5.41) is 12.8. The lowest BCUT2D eigenvalue weighted by Gasteiger charge is -2.19. The zero-order valence-corrected chi connectivity index (χ0v) is 14.0. The summed E-state index contributed by atoms with van der Waals surface area (Å²) in [6.07, 6.45) is 10.5. The van der Waals surface area contributed by atoms with Crippen molar-refractivity contribution in [2.45, 2.75) is 24.5 Å². The molecule has 1 unspecified atom stereocenters. The third kappa shape index (κ3) is 3.80. The number of carbonyl (C=O) groups excluding carboxylic acids is 1. The Morgan fingerprint density at radius 1 is 1.36 bits per heavy atom. The minimum absolute atomic E-state index is 0.166. The fourth-order valence-electron chi connectivity index (χ4n) is 2.53. The Morgan fingerprint density at radius 2 is 2.00 bits per heavy atom. The largest absolute Gasteiger partial charge is 0.387 e. The molecular weight excluding hydrogens is 320 g/mol. The second kappa shape index (κ2) is 6.94. The molecule has 0 aromatic carbocycles. The normalized spacial score (nSPS) is 15.9. The molecule has 2 N–H and O–H groups in total. The molecule has 0 radical (unpaired) electrons. The molecule has 8 heteroatoms. The van der Waals surface area contributed by atoms with Crippen LogP contribution in [0.4, 0.5) is 5.95 Å². The van der Waals surface area contributed by atoms with Crippen LogP contribution in [-0.2, 0) is 5.54 Å². The van der Waals surface area contributed by atoms with Gasteiger partial charge < -0.3 is 15.3 Å². The van der Waals surface area contributed by atoms with Crippen LogP contribution in [-0.4, -0.2) is 55.5 Å². The van der Waals surface area contributed by atoms with Crippen LogP contribution in [0.15, 0.2) is 43.8 Å². The van der Waals surface area contributed by atoms with Crippen LogP contribution in [0.3, 0.4) is 0 Å². The smallest absolute Gasteiger partial charge is 0.256 e. The second-order valence-electron chi connectivity index (χ2n) is 6.12. The van der Waals surface area contributed by atoms with Gasteiger partial charge in [-0.15, -0.1) is 6.58 Å². The van der Waals surface area contributed by atoms with Crippen molar-refractivity contribution in [1.29, 1.82) is 0 Å². The van der Waals surface area contributed by atoms with E-state index in [1.807, 2.05) is 0 Å². The first-order valence-corrected chi connectivity index (χ1v) is 7.96. The highest BCUT2D eigenvalue weighted by atomic mass is 16.3. The number of hydrogen-bond donors (Lipinski definition) is 2. The van der Waals surface area contributed by atoms with Crippen molar-refractivity contribution in [1.82, 2.24) is 24.8 Å². The highest BCUT2D eigenvalue weighted by molar-refractivity contribution is 5.93. The van der Waals surface area contributed by atoms with Gasteiger partial charge in [-0.25, -0.2) is 19.9 Å². The Hall–Kier alpha value is -2.87. The summed E-state index contributed by atoms with van der Waals surface area (Å²) in [6, 6.07) is 0. The van der Waals surface area contributed by atoms with E-state index < -0.39 is 6.10 Å². The van der Waals surface area contributed by atoms with Crippen LogP contribution >= 0.6 is 0 Å². The molecule has 2 aromatic heterocycles. The molecule has 2 heterocycles. The van der Waals surface area contributed by atoms with Gasteiger partial charge in [-0.3, -0.25) is 4.79 Å². The third-order valence-corrected chi connectivity index (χ3v) is 4.19. The van der Waals surface area contributed by atoms with E-state index in [1.54, 1.807) is 19.4 Å². The Balaban J connectivity index is 1.67. The van der Waals surface area contributed by atoms with Gasteiger partial charge in [0.25, 0.3) is 5.91 Å². The van der Waals surface area contributed by atoms with Gasteiger partial charge in [0, 0.05) is 37.4 Å². The molecule has 3 rings (SSSR count). The van der Waals surface area contributed by atoms with E-state index in [4.69, 9.17) is 0 Å². The average Bonchev–Trinajstić information content (AvgIpc) is 3.43. The second-order valence-corrected chi connectivity index (χ2v) is 6.12. The number of nitrogens with one attached hydrogen (secondary N) is 1. The van der Waals surface area contributed by atoms with Crippen molar-refractivity contribution in [3.8, 4) is 0 Å². The number of nitrogens with zero attached hydrogens (tertiary/aromatic N) is 5. The van der Waals surface area contributed by atoms with Crippen molar-refractivity contribution >= 4 is 11.9 Å². The number of likely N-dealkylation sites (N-methyl/N-ethyl adjacent to an activating group) is 1. The van der Waals surface area contributed by atoms with E-state index in [2.05, 4.69) is 31.8 Å². The zero-order chi connectivity index (χ0) is 17.9. The Morgan fingerprint density at radius 3 is 2.56 bits per heavy atom. The molecule has 1 atom stereocenters. The maximum Gasteiger partial charge on any atom is 0.256 e. The quantitative estimate of drug-likeness (QED) is 0.724. The highest BCUT2D eigenvalue weighted by Gasteiger charge is 2.45. The molecule has 1 amide bonds. The summed E-state index contributed by atoms with van der Waals surface area (Å²) in [4.78, 5) is 30.3. The maximum atomic E-state index is 12.3. The van der Waals surface area contributed by atoms with Crippen LogP contribution in [0.5, 0.6) is 0 Å². The fourth-order valence-corrected chi connectivity index (χ4v) is 2.53. The van der Waals surface area contributed by atoms with Gasteiger partial charge in [0.2, 0.25) is 5.95 Å². The van der Waals surface area contributed by atoms with E-state index in [0.717, 1.165) is 18.4 Å². The standard InChI is InChI=1S/C17H20N6O2/c1-3-14(24)10-23(2)15(25)12-6-20-16(21-7-12)22-17(4-5-17)13-8-18-11-19-9-13/h3,6-9,11,14,24H,1,4-5,10H2,2H3,(H,20,21,22). The number of aromatic nitrogens is 4. The van der Waals surface area contributed by atoms with E-state index in [-0.39, 0.29) is 18.0 Å². The van der Waals surface area contributed by atoms with Crippen molar-refractivity contribution in [3.05, 3.63) is 54.9 Å². The van der Waals surface area contributed by atoms with Crippen molar-refractivity contribution in [3.63, 3.8) is 0 Å². The lowest BCUT2D eigenvalue weighted by Crippen LogP contribution is -2.33. The Bertz CT molecular complexity index is 745. The maximum absolute atomic E-state index is 12.3. The molecule has 0 spiro atoms. The first-order valence-electron chi connectivity index (χ1n) is 7.96. The van der Waals surface area contributed by atoms with Crippen LogP contribution in [0.1, 0.15) is 28.8 Å². The van der Waals surface area contributed by atoms with Gasteiger partial charge in [-0.2, -0.15) is 0 Å². The molecule has 2 aromatic rings. The number of hydrogen-bond acceptors (Lipinski definition) is 7. The molecular formula is C17H20N6O2. The summed E-state index contributed by atoms with van der Waals surface area (Å²) in [5.41, 5.74) is 1.13. The molecule has 25 heavy (non-hydrogen) atoms. The number of rotatable bonds is 7. The van der Waals surface area contributed by atoms with Gasteiger partial charge >= 0.3 is 0 Å². The molecule has 0 aliphatic heterocycles. The SMILES string of the molecule is C=CC(O)CN(C)C(=O)c1cnc(NC2(c3cncnc3)CC2)nc1. The van der Waals surface area contributed by atoms with Crippen LogP contribution in [0, 0.1) is 0 Å². The number of aliphatic hydroxyl groups excluding tert-OH is 1. The summed E-state index contributed by atoms with van der Waals surface area (Å²) < 4.78 is 0. The molecule has 0 saturated heterocycles. The third-order valence-electron chi connectivity index (χ3n) is 4.19. The number of amides is 1. The Labute approximate surface area is 145 Å². The van der Waals surface area contributed by atoms with Crippen LogP contribution < -0.4 is 5.32 Å². The van der Waals surface area contributed by atoms with Crippen molar-refractivity contribution in [2.75, 3.05) is 18.9 Å². The van der Waals surface area contributed by atoms with Gasteiger partial charge in [-0.05, 0) is 12.8 Å². The van der Waals surface area contributed by atoms with E-state index >= 15 is 0 Å². The number of aliphatic hydroxyl groups is 1. The lowest BCUT2D eigenvalue weighted by molar-refractivity contribution is 0.0728. The van der Waals surface area contributed by atoms with Gasteiger partial charge in [0.1, 0.15) is 6.33 Å². The van der Waals surface area contributed by atoms with Crippen molar-refractivity contribution in [2.24, 2.45) is 0 Å². The van der Waals surface area contributed by atoms with E-state index in [1.165, 1.54) is 29.7 Å². The first kappa shape index (κ1) is 17.0. The Kier molecular flexibility index (Phi) is 4.71. The summed E-state index contributed by atoms with van der Waals surface area (Å²) in [5.74, 6) is 0.191. The molecule has 1 saturated carbocycles. The minimum atomic E-state index is -0.765. The zero-order valence-electron chi connectivity index (χ0n) is 14.0. The topological polar surface area (TPSA) is 104 Å². The van der Waals surface area contributed by atoms with Gasteiger partial charge in [0.05, 0.1) is 23.8 Å². The molecule has 8 nitrogen and oxygen atoms in total. The van der Waals surface area contributed by atoms with Gasteiger partial charge in [0.15, 0.2) is 0 Å². The summed E-state index contributed by atoms with van der Waals surface area (Å²) >= 11 is 0. The molecule has 0 bridgehead atoms.